The van der Waals surface area contributed by atoms with Crippen molar-refractivity contribution in [2.24, 2.45) is 0 Å². The third-order valence-corrected chi connectivity index (χ3v) is 5.78. The van der Waals surface area contributed by atoms with Gasteiger partial charge in [-0.2, -0.15) is 0 Å². The highest BCUT2D eigenvalue weighted by atomic mass is 35.5. The van der Waals surface area contributed by atoms with Gasteiger partial charge >= 0.3 is 0 Å². The number of hydrogen-bond acceptors (Lipinski definition) is 3. The third kappa shape index (κ3) is 5.79. The van der Waals surface area contributed by atoms with Gasteiger partial charge in [0.15, 0.2) is 0 Å². The van der Waals surface area contributed by atoms with E-state index in [9.17, 15) is 14.4 Å². The monoisotopic (exact) mass is 461 g/mol. The van der Waals surface area contributed by atoms with Crippen molar-refractivity contribution in [2.45, 2.75) is 25.3 Å². The summed E-state index contributed by atoms with van der Waals surface area (Å²) in [6.07, 6.45) is 1.76. The van der Waals surface area contributed by atoms with Crippen LogP contribution in [0.2, 0.25) is 5.02 Å². The van der Waals surface area contributed by atoms with Gasteiger partial charge in [0, 0.05) is 41.3 Å². The topological polar surface area (TPSA) is 78.5 Å². The summed E-state index contributed by atoms with van der Waals surface area (Å²) < 4.78 is 0. The van der Waals surface area contributed by atoms with Gasteiger partial charge in [-0.25, -0.2) is 0 Å². The van der Waals surface area contributed by atoms with E-state index in [0.29, 0.717) is 35.7 Å². The van der Waals surface area contributed by atoms with Crippen LogP contribution in [0.1, 0.15) is 28.8 Å². The van der Waals surface area contributed by atoms with Crippen molar-refractivity contribution in [1.29, 1.82) is 0 Å². The van der Waals surface area contributed by atoms with Gasteiger partial charge in [0.25, 0.3) is 5.91 Å². The van der Waals surface area contributed by atoms with Gasteiger partial charge < -0.3 is 15.5 Å². The second-order valence-corrected chi connectivity index (χ2v) is 8.34. The van der Waals surface area contributed by atoms with E-state index >= 15 is 0 Å². The molecule has 7 heteroatoms. The van der Waals surface area contributed by atoms with Crippen LogP contribution in [0.3, 0.4) is 0 Å². The molecular weight excluding hydrogens is 438 g/mol. The molecule has 0 aliphatic carbocycles. The summed E-state index contributed by atoms with van der Waals surface area (Å²) in [4.78, 5) is 39.6. The Morgan fingerprint density at radius 2 is 1.64 bits per heavy atom. The molecule has 0 spiro atoms. The van der Waals surface area contributed by atoms with E-state index in [1.807, 2.05) is 42.5 Å². The van der Waals surface area contributed by atoms with Crippen molar-refractivity contribution in [3.8, 4) is 0 Å². The summed E-state index contributed by atoms with van der Waals surface area (Å²) in [5.74, 6) is -0.573. The van der Waals surface area contributed by atoms with Crippen LogP contribution in [-0.2, 0) is 16.0 Å². The molecule has 6 nitrogen and oxygen atoms in total. The van der Waals surface area contributed by atoms with Crippen LogP contribution in [0, 0.1) is 0 Å². The second kappa shape index (κ2) is 10.3. The zero-order valence-corrected chi connectivity index (χ0v) is 18.7. The molecule has 2 N–H and O–H groups in total. The molecule has 1 heterocycles. The molecule has 1 aliphatic rings. The molecule has 0 aromatic heterocycles. The molecule has 0 saturated carbocycles. The summed E-state index contributed by atoms with van der Waals surface area (Å²) in [5, 5.41) is 6.25. The normalized spacial score (nSPS) is 14.1. The van der Waals surface area contributed by atoms with Crippen LogP contribution in [0.15, 0.2) is 78.9 Å². The minimum Gasteiger partial charge on any atom is -0.340 e. The molecule has 3 aromatic carbocycles. The van der Waals surface area contributed by atoms with Gasteiger partial charge in [0.05, 0.1) is 0 Å². The zero-order valence-electron chi connectivity index (χ0n) is 18.0. The molecule has 0 unspecified atom stereocenters. The quantitative estimate of drug-likeness (QED) is 0.545. The highest BCUT2D eigenvalue weighted by molar-refractivity contribution is 6.30. The maximum absolute atomic E-state index is 13.1. The fourth-order valence-electron chi connectivity index (χ4n) is 3.78. The first kappa shape index (κ1) is 22.6. The molecule has 3 amide bonds. The number of rotatable bonds is 7. The highest BCUT2D eigenvalue weighted by Crippen LogP contribution is 2.23. The maximum Gasteiger partial charge on any atom is 0.251 e. The van der Waals surface area contributed by atoms with Crippen molar-refractivity contribution in [3.63, 3.8) is 0 Å². The first-order chi connectivity index (χ1) is 16.0. The molecule has 1 fully saturated rings. The summed E-state index contributed by atoms with van der Waals surface area (Å²) in [6.45, 7) is 0.709. The van der Waals surface area contributed by atoms with E-state index in [1.54, 1.807) is 41.3 Å². The third-order valence-electron chi connectivity index (χ3n) is 5.53. The van der Waals surface area contributed by atoms with Crippen molar-refractivity contribution in [3.05, 3.63) is 95.0 Å². The Morgan fingerprint density at radius 3 is 2.27 bits per heavy atom. The van der Waals surface area contributed by atoms with E-state index in [0.717, 1.165) is 17.7 Å². The molecule has 0 bridgehead atoms. The number of carbonyl (C=O) groups is 3. The fourth-order valence-corrected chi connectivity index (χ4v) is 3.90. The SMILES string of the molecule is O=C(N[C@@H](Cc1ccccc1)C(=O)Nc1ccc(N2CCCC2=O)cc1)c1ccc(Cl)cc1. The molecule has 33 heavy (non-hydrogen) atoms. The Kier molecular flexibility index (Phi) is 7.05. The Hall–Kier alpha value is -3.64. The zero-order chi connectivity index (χ0) is 23.2. The van der Waals surface area contributed by atoms with Crippen molar-refractivity contribution < 1.29 is 14.4 Å². The summed E-state index contributed by atoms with van der Waals surface area (Å²) in [7, 11) is 0. The lowest BCUT2D eigenvalue weighted by Crippen LogP contribution is -2.45. The van der Waals surface area contributed by atoms with Crippen molar-refractivity contribution in [1.82, 2.24) is 5.32 Å². The Labute approximate surface area is 197 Å². The van der Waals surface area contributed by atoms with E-state index in [-0.39, 0.29) is 17.7 Å². The lowest BCUT2D eigenvalue weighted by Gasteiger charge is -2.20. The minimum absolute atomic E-state index is 0.111. The molecule has 4 rings (SSSR count). The Morgan fingerprint density at radius 1 is 0.939 bits per heavy atom. The van der Waals surface area contributed by atoms with E-state index in [4.69, 9.17) is 11.6 Å². The Bertz CT molecular complexity index is 1130. The average molecular weight is 462 g/mol. The lowest BCUT2D eigenvalue weighted by atomic mass is 10.0. The number of nitrogens with one attached hydrogen (secondary N) is 2. The van der Waals surface area contributed by atoms with Crippen molar-refractivity contribution >= 4 is 40.7 Å². The van der Waals surface area contributed by atoms with Crippen LogP contribution in [0.25, 0.3) is 0 Å². The highest BCUT2D eigenvalue weighted by Gasteiger charge is 2.24. The first-order valence-corrected chi connectivity index (χ1v) is 11.2. The summed E-state index contributed by atoms with van der Waals surface area (Å²) in [5.41, 5.74) is 2.75. The maximum atomic E-state index is 13.1. The predicted octanol–water partition coefficient (Wildman–Crippen LogP) is 4.45. The number of carbonyl (C=O) groups excluding carboxylic acids is 3. The van der Waals surface area contributed by atoms with Crippen molar-refractivity contribution in [2.75, 3.05) is 16.8 Å². The van der Waals surface area contributed by atoms with Gasteiger partial charge in [-0.05, 0) is 60.5 Å². The molecule has 168 valence electrons. The van der Waals surface area contributed by atoms with Gasteiger partial charge in [-0.15, -0.1) is 0 Å². The van der Waals surface area contributed by atoms with Crippen LogP contribution < -0.4 is 15.5 Å². The van der Waals surface area contributed by atoms with Crippen LogP contribution >= 0.6 is 11.6 Å². The fraction of sp³-hybridized carbons (Fsp3) is 0.192. The smallest absolute Gasteiger partial charge is 0.251 e. The van der Waals surface area contributed by atoms with Gasteiger partial charge in [0.2, 0.25) is 11.8 Å². The molecule has 3 aromatic rings. The number of halogens is 1. The number of hydrogen-bond donors (Lipinski definition) is 2. The number of anilines is 2. The molecule has 0 radical (unpaired) electrons. The van der Waals surface area contributed by atoms with Crippen LogP contribution in [0.4, 0.5) is 11.4 Å². The predicted molar refractivity (Wildman–Crippen MR) is 130 cm³/mol. The van der Waals surface area contributed by atoms with Gasteiger partial charge in [-0.1, -0.05) is 41.9 Å². The first-order valence-electron chi connectivity index (χ1n) is 10.8. The summed E-state index contributed by atoms with van der Waals surface area (Å²) in [6, 6.07) is 22.4. The Balaban J connectivity index is 1.48. The van der Waals surface area contributed by atoms with Gasteiger partial charge in [-0.3, -0.25) is 14.4 Å². The largest absolute Gasteiger partial charge is 0.340 e. The lowest BCUT2D eigenvalue weighted by molar-refractivity contribution is -0.118. The molecule has 1 saturated heterocycles. The summed E-state index contributed by atoms with van der Waals surface area (Å²) >= 11 is 5.91. The van der Waals surface area contributed by atoms with E-state index in [2.05, 4.69) is 10.6 Å². The number of nitrogens with zero attached hydrogens (tertiary/aromatic N) is 1. The van der Waals surface area contributed by atoms with E-state index < -0.39 is 6.04 Å². The van der Waals surface area contributed by atoms with Crippen LogP contribution in [-0.4, -0.2) is 30.3 Å². The standard InChI is InChI=1S/C26H24ClN3O3/c27-20-10-8-19(9-11-20)25(32)29-23(17-18-5-2-1-3-6-18)26(33)28-21-12-14-22(15-13-21)30-16-4-7-24(30)31/h1-3,5-6,8-15,23H,4,7,16-17H2,(H,28,33)(H,29,32)/t23-/m0/s1. The second-order valence-electron chi connectivity index (χ2n) is 7.91. The number of benzene rings is 3. The molecule has 1 aliphatic heterocycles. The van der Waals surface area contributed by atoms with E-state index in [1.165, 1.54) is 0 Å². The van der Waals surface area contributed by atoms with Crippen LogP contribution in [0.5, 0.6) is 0 Å². The average Bonchev–Trinajstić information content (AvgIpc) is 3.26. The number of amides is 3. The molecular formula is C26H24ClN3O3. The van der Waals surface area contributed by atoms with Gasteiger partial charge in [0.1, 0.15) is 6.04 Å². The minimum atomic E-state index is -0.782. The molecule has 1 atom stereocenters.